The summed E-state index contributed by atoms with van der Waals surface area (Å²) < 4.78 is 26.4. The van der Waals surface area contributed by atoms with Crippen LogP contribution in [-0.4, -0.2) is 49.5 Å². The van der Waals surface area contributed by atoms with Gasteiger partial charge in [-0.15, -0.1) is 0 Å². The van der Waals surface area contributed by atoms with E-state index in [0.717, 1.165) is 0 Å². The molecule has 7 heteroatoms. The Bertz CT molecular complexity index is 650. The van der Waals surface area contributed by atoms with E-state index in [4.69, 9.17) is 16.7 Å². The van der Waals surface area contributed by atoms with Gasteiger partial charge in [0.1, 0.15) is 11.5 Å². The van der Waals surface area contributed by atoms with Crippen LogP contribution in [0.1, 0.15) is 12.5 Å². The molecule has 0 radical (unpaired) electrons. The lowest BCUT2D eigenvalue weighted by atomic mass is 10.2. The van der Waals surface area contributed by atoms with Gasteiger partial charge in [0.2, 0.25) is 10.0 Å². The van der Waals surface area contributed by atoms with Gasteiger partial charge < -0.3 is 5.11 Å². The van der Waals surface area contributed by atoms with Crippen LogP contribution in [-0.2, 0) is 10.0 Å². The van der Waals surface area contributed by atoms with E-state index in [0.29, 0.717) is 11.3 Å². The largest absolute Gasteiger partial charge is 0.384 e. The molecule has 1 rings (SSSR count). The number of benzene rings is 1. The number of rotatable bonds is 5. The first-order chi connectivity index (χ1) is 9.84. The van der Waals surface area contributed by atoms with E-state index in [-0.39, 0.29) is 22.6 Å². The molecular weight excluding hydrogens is 330 g/mol. The van der Waals surface area contributed by atoms with Crippen molar-refractivity contribution in [1.29, 1.82) is 0 Å². The van der Waals surface area contributed by atoms with Crippen molar-refractivity contribution in [3.05, 3.63) is 28.8 Å². The Morgan fingerprint density at radius 3 is 2.67 bits per heavy atom. The monoisotopic (exact) mass is 347 g/mol. The van der Waals surface area contributed by atoms with Crippen LogP contribution in [0.5, 0.6) is 0 Å². The van der Waals surface area contributed by atoms with E-state index < -0.39 is 10.0 Å². The van der Waals surface area contributed by atoms with Crippen molar-refractivity contribution < 1.29 is 13.5 Å². The fourth-order valence-corrected chi connectivity index (χ4v) is 4.34. The summed E-state index contributed by atoms with van der Waals surface area (Å²) in [6, 6.07) is 4.38. The average Bonchev–Trinajstić information content (AvgIpc) is 2.44. The first kappa shape index (κ1) is 18.3. The van der Waals surface area contributed by atoms with Gasteiger partial charge in [-0.05, 0) is 31.4 Å². The Morgan fingerprint density at radius 2 is 2.14 bits per heavy atom. The molecule has 1 aromatic carbocycles. The summed E-state index contributed by atoms with van der Waals surface area (Å²) in [6.07, 6.45) is 1.93. The maximum atomic E-state index is 12.6. The molecule has 1 atom stereocenters. The summed E-state index contributed by atoms with van der Waals surface area (Å²) >= 11 is 7.66. The SMILES string of the molecule is CSCC(C)N(C)S(=O)(=O)c1ccc(C#CCO)cc1Cl. The maximum absolute atomic E-state index is 12.6. The summed E-state index contributed by atoms with van der Waals surface area (Å²) in [4.78, 5) is 0.0640. The van der Waals surface area contributed by atoms with Gasteiger partial charge in [0.25, 0.3) is 0 Å². The summed E-state index contributed by atoms with van der Waals surface area (Å²) in [6.45, 7) is 1.59. The molecule has 0 aliphatic carbocycles. The number of halogens is 1. The Morgan fingerprint density at radius 1 is 1.48 bits per heavy atom. The van der Waals surface area contributed by atoms with E-state index in [1.807, 2.05) is 13.2 Å². The molecule has 1 unspecified atom stereocenters. The maximum Gasteiger partial charge on any atom is 0.244 e. The highest BCUT2D eigenvalue weighted by atomic mass is 35.5. The van der Waals surface area contributed by atoms with Crippen LogP contribution in [0.3, 0.4) is 0 Å². The van der Waals surface area contributed by atoms with E-state index in [2.05, 4.69) is 11.8 Å². The lowest BCUT2D eigenvalue weighted by molar-refractivity contribution is 0.350. The Balaban J connectivity index is 3.15. The van der Waals surface area contributed by atoms with Gasteiger partial charge in [0.15, 0.2) is 0 Å². The first-order valence-electron chi connectivity index (χ1n) is 6.20. The second-order valence-corrected chi connectivity index (χ2v) is 7.71. The van der Waals surface area contributed by atoms with Gasteiger partial charge in [0, 0.05) is 24.4 Å². The zero-order valence-electron chi connectivity index (χ0n) is 12.1. The second-order valence-electron chi connectivity index (χ2n) is 4.43. The third kappa shape index (κ3) is 4.63. The van der Waals surface area contributed by atoms with Gasteiger partial charge in [0.05, 0.1) is 5.02 Å². The van der Waals surface area contributed by atoms with Crippen LogP contribution in [0.25, 0.3) is 0 Å². The molecular formula is C14H18ClNO3S2. The number of aliphatic hydroxyl groups is 1. The standard InChI is InChI=1S/C14H18ClNO3S2/c1-11(10-20-3)16(2)21(18,19)14-7-6-12(5-4-8-17)9-13(14)15/h6-7,9,11,17H,8,10H2,1-3H3. The molecule has 0 bridgehead atoms. The number of sulfonamides is 1. The predicted molar refractivity (Wildman–Crippen MR) is 88.2 cm³/mol. The average molecular weight is 348 g/mol. The molecule has 1 aromatic rings. The third-order valence-corrected chi connectivity index (χ3v) is 6.20. The van der Waals surface area contributed by atoms with E-state index in [9.17, 15) is 8.42 Å². The lowest BCUT2D eigenvalue weighted by Gasteiger charge is -2.24. The predicted octanol–water partition coefficient (Wildman–Crippen LogP) is 2.06. The molecule has 0 saturated heterocycles. The van der Waals surface area contributed by atoms with Gasteiger partial charge in [-0.2, -0.15) is 16.1 Å². The Hall–Kier alpha value is -0.710. The van der Waals surface area contributed by atoms with Crippen molar-refractivity contribution in [2.24, 2.45) is 0 Å². The molecule has 21 heavy (non-hydrogen) atoms. The number of hydrogen-bond acceptors (Lipinski definition) is 4. The topological polar surface area (TPSA) is 57.6 Å². The molecule has 0 heterocycles. The molecule has 0 aliphatic rings. The smallest absolute Gasteiger partial charge is 0.244 e. The van der Waals surface area contributed by atoms with Crippen LogP contribution in [0.15, 0.2) is 23.1 Å². The van der Waals surface area contributed by atoms with Crippen molar-refractivity contribution in [1.82, 2.24) is 4.31 Å². The van der Waals surface area contributed by atoms with Crippen molar-refractivity contribution in [2.45, 2.75) is 17.9 Å². The molecule has 0 aromatic heterocycles. The fraction of sp³-hybridized carbons (Fsp3) is 0.429. The lowest BCUT2D eigenvalue weighted by Crippen LogP contribution is -2.36. The van der Waals surface area contributed by atoms with Crippen LogP contribution >= 0.6 is 23.4 Å². The van der Waals surface area contributed by atoms with Crippen molar-refractivity contribution in [3.63, 3.8) is 0 Å². The number of nitrogens with zero attached hydrogens (tertiary/aromatic N) is 1. The number of hydrogen-bond donors (Lipinski definition) is 1. The Labute approximate surface area is 135 Å². The van der Waals surface area contributed by atoms with Crippen molar-refractivity contribution in [3.8, 4) is 11.8 Å². The fourth-order valence-electron chi connectivity index (χ4n) is 1.67. The summed E-state index contributed by atoms with van der Waals surface area (Å²) in [5, 5.41) is 8.78. The van der Waals surface area contributed by atoms with Gasteiger partial charge in [-0.3, -0.25) is 0 Å². The molecule has 0 spiro atoms. The third-order valence-electron chi connectivity index (χ3n) is 2.93. The number of aliphatic hydroxyl groups excluding tert-OH is 1. The van der Waals surface area contributed by atoms with E-state index >= 15 is 0 Å². The molecule has 1 N–H and O–H groups in total. The second kappa shape index (κ2) is 8.06. The van der Waals surface area contributed by atoms with E-state index in [1.165, 1.54) is 16.4 Å². The minimum absolute atomic E-state index is 0.0640. The zero-order valence-corrected chi connectivity index (χ0v) is 14.5. The minimum Gasteiger partial charge on any atom is -0.384 e. The summed E-state index contributed by atoms with van der Waals surface area (Å²) in [5.41, 5.74) is 0.563. The molecule has 0 saturated carbocycles. The van der Waals surface area contributed by atoms with Crippen molar-refractivity contribution >= 4 is 33.4 Å². The normalized spacial score (nSPS) is 12.9. The quantitative estimate of drug-likeness (QED) is 0.828. The van der Waals surface area contributed by atoms with Crippen LogP contribution in [0, 0.1) is 11.8 Å². The molecule has 0 aliphatic heterocycles. The molecule has 0 amide bonds. The molecule has 0 fully saturated rings. The van der Waals surface area contributed by atoms with Crippen LogP contribution in [0.2, 0.25) is 5.02 Å². The van der Waals surface area contributed by atoms with Crippen LogP contribution in [0.4, 0.5) is 0 Å². The summed E-state index contributed by atoms with van der Waals surface area (Å²) in [5.74, 6) is 5.88. The highest BCUT2D eigenvalue weighted by molar-refractivity contribution is 7.98. The van der Waals surface area contributed by atoms with Gasteiger partial charge in [-0.25, -0.2) is 8.42 Å². The highest BCUT2D eigenvalue weighted by Crippen LogP contribution is 2.26. The minimum atomic E-state index is -3.64. The van der Waals surface area contributed by atoms with Gasteiger partial charge in [-0.1, -0.05) is 23.4 Å². The van der Waals surface area contributed by atoms with Crippen LogP contribution < -0.4 is 0 Å². The first-order valence-corrected chi connectivity index (χ1v) is 9.42. The molecule has 116 valence electrons. The highest BCUT2D eigenvalue weighted by Gasteiger charge is 2.27. The number of thioether (sulfide) groups is 1. The zero-order chi connectivity index (χ0) is 16.0. The van der Waals surface area contributed by atoms with Crippen molar-refractivity contribution in [2.75, 3.05) is 25.7 Å². The van der Waals surface area contributed by atoms with Gasteiger partial charge >= 0.3 is 0 Å². The van der Waals surface area contributed by atoms with E-state index in [1.54, 1.807) is 24.9 Å². The summed E-state index contributed by atoms with van der Waals surface area (Å²) in [7, 11) is -2.09. The Kier molecular flexibility index (Phi) is 7.04. The molecule has 4 nitrogen and oxygen atoms in total.